The maximum atomic E-state index is 5.38. The molecule has 3 nitrogen and oxygen atoms in total. The molecule has 298 valence electrons. The highest BCUT2D eigenvalue weighted by Crippen LogP contribution is 2.74. The summed E-state index contributed by atoms with van der Waals surface area (Å²) in [7, 11) is -3.87. The Morgan fingerprint density at radius 1 is 0.194 bits per heavy atom. The van der Waals surface area contributed by atoms with E-state index >= 15 is 0 Å². The van der Waals surface area contributed by atoms with Gasteiger partial charge >= 0.3 is 0 Å². The number of aromatic nitrogens is 3. The molecule has 0 aliphatic heterocycles. The Morgan fingerprint density at radius 2 is 0.403 bits per heavy atom. The lowest BCUT2D eigenvalue weighted by atomic mass is 10.1. The van der Waals surface area contributed by atoms with Crippen LogP contribution in [0.3, 0.4) is 0 Å². The van der Waals surface area contributed by atoms with Gasteiger partial charge in [0.05, 0.1) is 0 Å². The summed E-state index contributed by atoms with van der Waals surface area (Å²) in [5.41, 5.74) is 2.79. The minimum Gasteiger partial charge on any atom is -0.208 e. The maximum absolute atomic E-state index is 5.38. The van der Waals surface area contributed by atoms with Crippen molar-refractivity contribution in [2.75, 3.05) is 0 Å². The van der Waals surface area contributed by atoms with Crippen LogP contribution in [0.5, 0.6) is 0 Å². The molecule has 10 rings (SSSR count). The molecule has 0 fully saturated rings. The second-order valence-corrected chi connectivity index (χ2v) is 21.1. The van der Waals surface area contributed by atoms with Crippen molar-refractivity contribution in [1.29, 1.82) is 0 Å². The number of nitrogens with zero attached hydrogens (tertiary/aromatic N) is 3. The summed E-state index contributed by atoms with van der Waals surface area (Å²) in [6.07, 6.45) is 0. The molecule has 0 radical (unpaired) electrons. The monoisotopic (exact) mass is 833 g/mol. The highest BCUT2D eigenvalue weighted by molar-refractivity contribution is 8.34. The summed E-state index contributed by atoms with van der Waals surface area (Å²) in [6.45, 7) is 0. The SMILES string of the molecule is c1ccc(-c2nc(-c3cccc(S(c4ccccc4)(c4ccccc4)c4ccccc4)c3)nc(-c3cccc(S(c4ccccc4)(c4ccccc4)c4ccccc4)c3)n2)cc1. The molecule has 1 heterocycles. The molecule has 0 bridgehead atoms. The third kappa shape index (κ3) is 7.11. The fraction of sp³-hybridized carbons (Fsp3) is 0. The lowest BCUT2D eigenvalue weighted by Crippen LogP contribution is -2.06. The van der Waals surface area contributed by atoms with Crippen molar-refractivity contribution < 1.29 is 0 Å². The zero-order valence-corrected chi connectivity index (χ0v) is 35.6. The van der Waals surface area contributed by atoms with Gasteiger partial charge in [0, 0.05) is 55.9 Å². The molecule has 0 saturated carbocycles. The van der Waals surface area contributed by atoms with Gasteiger partial charge in [0.1, 0.15) is 0 Å². The van der Waals surface area contributed by atoms with Gasteiger partial charge in [-0.05, 0) is 97.1 Å². The molecule has 0 saturated heterocycles. The zero-order valence-electron chi connectivity index (χ0n) is 34.0. The lowest BCUT2D eigenvalue weighted by Gasteiger charge is -2.42. The van der Waals surface area contributed by atoms with Crippen LogP contribution in [0, 0.1) is 0 Å². The van der Waals surface area contributed by atoms with E-state index in [1.54, 1.807) is 0 Å². The summed E-state index contributed by atoms with van der Waals surface area (Å²) >= 11 is 0. The van der Waals surface area contributed by atoms with Crippen molar-refractivity contribution in [3.8, 4) is 34.2 Å². The second-order valence-electron chi connectivity index (χ2n) is 14.8. The van der Waals surface area contributed by atoms with Crippen LogP contribution in [0.1, 0.15) is 0 Å². The van der Waals surface area contributed by atoms with E-state index < -0.39 is 20.1 Å². The van der Waals surface area contributed by atoms with E-state index in [2.05, 4.69) is 243 Å². The Morgan fingerprint density at radius 3 is 0.677 bits per heavy atom. The molecule has 9 aromatic carbocycles. The van der Waals surface area contributed by atoms with Crippen LogP contribution in [0.15, 0.2) is 300 Å². The molecule has 10 aromatic rings. The lowest BCUT2D eigenvalue weighted by molar-refractivity contribution is 1.07. The van der Waals surface area contributed by atoms with Gasteiger partial charge in [0.25, 0.3) is 0 Å². The van der Waals surface area contributed by atoms with Crippen molar-refractivity contribution in [2.24, 2.45) is 0 Å². The van der Waals surface area contributed by atoms with E-state index in [1.807, 2.05) is 18.2 Å². The van der Waals surface area contributed by atoms with E-state index in [4.69, 9.17) is 15.0 Å². The number of rotatable bonds is 11. The molecule has 0 aliphatic carbocycles. The van der Waals surface area contributed by atoms with Crippen molar-refractivity contribution in [3.05, 3.63) is 261 Å². The molecular formula is C57H43N3S2. The average molecular weight is 834 g/mol. The smallest absolute Gasteiger partial charge is 0.164 e. The van der Waals surface area contributed by atoms with E-state index in [9.17, 15) is 0 Å². The molecule has 5 heteroatoms. The van der Waals surface area contributed by atoms with Crippen LogP contribution in [0.25, 0.3) is 34.2 Å². The van der Waals surface area contributed by atoms with Gasteiger partial charge in [-0.3, -0.25) is 0 Å². The average Bonchev–Trinajstić information content (AvgIpc) is 3.37. The van der Waals surface area contributed by atoms with Gasteiger partial charge in [0.2, 0.25) is 0 Å². The Kier molecular flexibility index (Phi) is 10.9. The third-order valence-corrected chi connectivity index (χ3v) is 18.9. The fourth-order valence-electron chi connectivity index (χ4n) is 8.38. The number of hydrogen-bond acceptors (Lipinski definition) is 3. The highest BCUT2D eigenvalue weighted by Gasteiger charge is 2.35. The first-order chi connectivity index (χ1) is 30.7. The van der Waals surface area contributed by atoms with Crippen molar-refractivity contribution >= 4 is 20.1 Å². The topological polar surface area (TPSA) is 38.7 Å². The molecule has 0 unspecified atom stereocenters. The van der Waals surface area contributed by atoms with E-state index in [1.165, 1.54) is 39.2 Å². The molecule has 0 atom stereocenters. The molecule has 0 aliphatic rings. The number of benzene rings is 9. The van der Waals surface area contributed by atoms with Gasteiger partial charge in [-0.2, -0.15) is 0 Å². The quantitative estimate of drug-likeness (QED) is 0.130. The van der Waals surface area contributed by atoms with Gasteiger partial charge in [0.15, 0.2) is 17.5 Å². The van der Waals surface area contributed by atoms with Crippen LogP contribution in [0.4, 0.5) is 0 Å². The standard InChI is InChI=1S/C57H43N3S2/c1-8-24-44(25-9-1)55-58-56(45-26-22-40-53(42-45)61(47-28-10-2-11-29-47,48-30-12-3-13-31-48)49-32-14-4-15-33-49)60-57(59-55)46-27-23-41-54(43-46)62(50-34-16-5-17-35-50,51-36-18-6-19-37-51)52-38-20-7-21-39-52/h1-43H. The Bertz CT molecular complexity index is 2660. The molecule has 0 amide bonds. The Labute approximate surface area is 367 Å². The highest BCUT2D eigenvalue weighted by atomic mass is 32.3. The van der Waals surface area contributed by atoms with Gasteiger partial charge < -0.3 is 0 Å². The first kappa shape index (κ1) is 38.9. The predicted octanol–water partition coefficient (Wildman–Crippen LogP) is 15.6. The molecule has 1 aromatic heterocycles. The largest absolute Gasteiger partial charge is 0.208 e. The summed E-state index contributed by atoms with van der Waals surface area (Å²) in [4.78, 5) is 25.8. The zero-order chi connectivity index (χ0) is 41.6. The van der Waals surface area contributed by atoms with Crippen LogP contribution in [-0.2, 0) is 0 Å². The normalized spacial score (nSPS) is 12.1. The van der Waals surface area contributed by atoms with Crippen LogP contribution in [-0.4, -0.2) is 15.0 Å². The Balaban J connectivity index is 1.20. The molecule has 0 N–H and O–H groups in total. The van der Waals surface area contributed by atoms with Gasteiger partial charge in [-0.25, -0.2) is 15.0 Å². The predicted molar refractivity (Wildman–Crippen MR) is 256 cm³/mol. The number of hydrogen-bond donors (Lipinski definition) is 0. The molecule has 62 heavy (non-hydrogen) atoms. The van der Waals surface area contributed by atoms with Crippen molar-refractivity contribution in [1.82, 2.24) is 15.0 Å². The summed E-state index contributed by atoms with van der Waals surface area (Å²) in [5, 5.41) is 0. The first-order valence-corrected chi connectivity index (χ1v) is 24.0. The fourth-order valence-corrected chi connectivity index (χ4v) is 16.2. The maximum Gasteiger partial charge on any atom is 0.164 e. The summed E-state index contributed by atoms with van der Waals surface area (Å²) in [5.74, 6) is 1.87. The third-order valence-electron chi connectivity index (χ3n) is 11.1. The van der Waals surface area contributed by atoms with Crippen molar-refractivity contribution in [3.63, 3.8) is 0 Å². The van der Waals surface area contributed by atoms with Crippen molar-refractivity contribution in [2.45, 2.75) is 39.2 Å². The minimum atomic E-state index is -1.94. The van der Waals surface area contributed by atoms with Gasteiger partial charge in [-0.15, -0.1) is 20.1 Å². The van der Waals surface area contributed by atoms with E-state index in [0.717, 1.165) is 16.7 Å². The van der Waals surface area contributed by atoms with Crippen LogP contribution < -0.4 is 0 Å². The summed E-state index contributed by atoms with van der Waals surface area (Å²) < 4.78 is 0. The van der Waals surface area contributed by atoms with E-state index in [-0.39, 0.29) is 0 Å². The van der Waals surface area contributed by atoms with Crippen LogP contribution >= 0.6 is 20.1 Å². The van der Waals surface area contributed by atoms with E-state index in [0.29, 0.717) is 17.5 Å². The molecule has 0 spiro atoms. The Hall–Kier alpha value is -7.31. The minimum absolute atomic E-state index is 0.622. The summed E-state index contributed by atoms with van der Waals surface area (Å²) in [6, 6.07) is 93.6. The van der Waals surface area contributed by atoms with Crippen LogP contribution in [0.2, 0.25) is 0 Å². The first-order valence-electron chi connectivity index (χ1n) is 20.7. The molecular weight excluding hydrogens is 791 g/mol. The van der Waals surface area contributed by atoms with Gasteiger partial charge in [-0.1, -0.05) is 164 Å². The second kappa shape index (κ2) is 17.3.